The Bertz CT molecular complexity index is 836. The summed E-state index contributed by atoms with van der Waals surface area (Å²) < 4.78 is 25.6. The Balaban J connectivity index is 1.99. The van der Waals surface area contributed by atoms with Crippen molar-refractivity contribution in [2.75, 3.05) is 22.4 Å². The smallest absolute Gasteiger partial charge is 0.232 e. The zero-order valence-corrected chi connectivity index (χ0v) is 15.5. The average Bonchev–Trinajstić information content (AvgIpc) is 2.54. The Morgan fingerprint density at radius 3 is 2.56 bits per heavy atom. The second kappa shape index (κ2) is 8.11. The molecule has 0 aliphatic rings. The number of pyridine rings is 1. The van der Waals surface area contributed by atoms with Crippen LogP contribution in [0.25, 0.3) is 0 Å². The first kappa shape index (κ1) is 18.9. The Labute approximate surface area is 148 Å². The van der Waals surface area contributed by atoms with Crippen molar-refractivity contribution in [2.45, 2.75) is 26.7 Å². The van der Waals surface area contributed by atoms with Gasteiger partial charge in [-0.05, 0) is 55.7 Å². The molecule has 0 saturated heterocycles. The van der Waals surface area contributed by atoms with Gasteiger partial charge in [-0.15, -0.1) is 0 Å². The molecule has 1 aromatic carbocycles. The number of rotatable bonds is 7. The Morgan fingerprint density at radius 2 is 1.96 bits per heavy atom. The molecular formula is C18H23N3O3S. The first-order valence-electron chi connectivity index (χ1n) is 8.02. The zero-order chi connectivity index (χ0) is 18.4. The lowest BCUT2D eigenvalue weighted by molar-refractivity contribution is -0.116. The van der Waals surface area contributed by atoms with E-state index >= 15 is 0 Å². The van der Waals surface area contributed by atoms with E-state index in [-0.39, 0.29) is 18.9 Å². The summed E-state index contributed by atoms with van der Waals surface area (Å²) in [6.45, 7) is 4.18. The van der Waals surface area contributed by atoms with Crippen molar-refractivity contribution in [2.24, 2.45) is 0 Å². The van der Waals surface area contributed by atoms with Crippen LogP contribution in [-0.2, 0) is 14.8 Å². The van der Waals surface area contributed by atoms with Gasteiger partial charge in [0.15, 0.2) is 0 Å². The number of hydrogen-bond donors (Lipinski definition) is 1. The topological polar surface area (TPSA) is 79.4 Å². The molecule has 25 heavy (non-hydrogen) atoms. The number of carbonyl (C=O) groups is 1. The minimum Gasteiger partial charge on any atom is -0.325 e. The van der Waals surface area contributed by atoms with Gasteiger partial charge in [0, 0.05) is 19.2 Å². The second-order valence-corrected chi connectivity index (χ2v) is 7.90. The molecule has 0 aliphatic heterocycles. The summed E-state index contributed by atoms with van der Waals surface area (Å²) in [7, 11) is -3.41. The molecule has 0 unspecified atom stereocenters. The highest BCUT2D eigenvalue weighted by Gasteiger charge is 2.18. The number of hydrogen-bond acceptors (Lipinski definition) is 4. The van der Waals surface area contributed by atoms with E-state index in [0.29, 0.717) is 17.8 Å². The molecule has 0 spiro atoms. The molecule has 1 N–H and O–H groups in total. The van der Waals surface area contributed by atoms with Crippen LogP contribution >= 0.6 is 0 Å². The maximum absolute atomic E-state index is 12.1. The van der Waals surface area contributed by atoms with E-state index in [2.05, 4.69) is 10.3 Å². The molecular weight excluding hydrogens is 338 g/mol. The molecule has 2 aromatic rings. The quantitative estimate of drug-likeness (QED) is 0.822. The maximum Gasteiger partial charge on any atom is 0.232 e. The summed E-state index contributed by atoms with van der Waals surface area (Å²) in [5, 5.41) is 2.74. The summed E-state index contributed by atoms with van der Waals surface area (Å²) in [6.07, 6.45) is 5.02. The first-order chi connectivity index (χ1) is 11.8. The minimum absolute atomic E-state index is 0.165. The summed E-state index contributed by atoms with van der Waals surface area (Å²) in [6, 6.07) is 9.03. The number of aryl methyl sites for hydroxylation is 2. The third kappa shape index (κ3) is 5.56. The SMILES string of the molecule is Cc1ccc(N(CCCC(=O)Nc2cccnc2)S(C)(=O)=O)cc1C. The molecule has 1 aromatic heterocycles. The van der Waals surface area contributed by atoms with Crippen LogP contribution in [0.5, 0.6) is 0 Å². The van der Waals surface area contributed by atoms with Crippen LogP contribution in [0.1, 0.15) is 24.0 Å². The van der Waals surface area contributed by atoms with Crippen LogP contribution in [0.3, 0.4) is 0 Å². The number of benzene rings is 1. The molecule has 134 valence electrons. The van der Waals surface area contributed by atoms with E-state index in [0.717, 1.165) is 11.1 Å². The standard InChI is InChI=1S/C18H23N3O3S/c1-14-8-9-17(12-15(14)2)21(25(3,23)24)11-5-7-18(22)20-16-6-4-10-19-13-16/h4,6,8-10,12-13H,5,7,11H2,1-3H3,(H,20,22). The number of amides is 1. The van der Waals surface area contributed by atoms with Crippen molar-refractivity contribution in [3.8, 4) is 0 Å². The molecule has 0 saturated carbocycles. The monoisotopic (exact) mass is 361 g/mol. The van der Waals surface area contributed by atoms with Crippen LogP contribution in [0.4, 0.5) is 11.4 Å². The Hall–Kier alpha value is -2.41. The lowest BCUT2D eigenvalue weighted by Gasteiger charge is -2.23. The molecule has 0 atom stereocenters. The van der Waals surface area contributed by atoms with Crippen molar-refractivity contribution in [1.29, 1.82) is 0 Å². The van der Waals surface area contributed by atoms with Crippen LogP contribution < -0.4 is 9.62 Å². The van der Waals surface area contributed by atoms with Gasteiger partial charge in [-0.25, -0.2) is 8.42 Å². The Kier molecular flexibility index (Phi) is 6.14. The van der Waals surface area contributed by atoms with E-state index < -0.39 is 10.0 Å². The largest absolute Gasteiger partial charge is 0.325 e. The fourth-order valence-corrected chi connectivity index (χ4v) is 3.37. The van der Waals surface area contributed by atoms with Gasteiger partial charge in [0.1, 0.15) is 0 Å². The van der Waals surface area contributed by atoms with Crippen molar-refractivity contribution >= 4 is 27.3 Å². The third-order valence-corrected chi connectivity index (χ3v) is 5.08. The van der Waals surface area contributed by atoms with Crippen molar-refractivity contribution < 1.29 is 13.2 Å². The number of nitrogens with one attached hydrogen (secondary N) is 1. The van der Waals surface area contributed by atoms with Crippen LogP contribution in [-0.4, -0.2) is 32.1 Å². The highest BCUT2D eigenvalue weighted by atomic mass is 32.2. The third-order valence-electron chi connectivity index (χ3n) is 3.89. The predicted octanol–water partition coefficient (Wildman–Crippen LogP) is 2.88. The fourth-order valence-electron chi connectivity index (χ4n) is 2.41. The molecule has 1 heterocycles. The van der Waals surface area contributed by atoms with Crippen molar-refractivity contribution in [3.05, 3.63) is 53.9 Å². The van der Waals surface area contributed by atoms with Gasteiger partial charge in [-0.2, -0.15) is 0 Å². The molecule has 2 rings (SSSR count). The molecule has 0 aliphatic carbocycles. The number of sulfonamides is 1. The molecule has 0 bridgehead atoms. The predicted molar refractivity (Wildman–Crippen MR) is 100 cm³/mol. The number of aromatic nitrogens is 1. The number of nitrogens with zero attached hydrogens (tertiary/aromatic N) is 2. The minimum atomic E-state index is -3.41. The fraction of sp³-hybridized carbons (Fsp3) is 0.333. The van der Waals surface area contributed by atoms with Crippen LogP contribution in [0.15, 0.2) is 42.7 Å². The summed E-state index contributed by atoms with van der Waals surface area (Å²) >= 11 is 0. The van der Waals surface area contributed by atoms with Gasteiger partial charge in [0.25, 0.3) is 0 Å². The lowest BCUT2D eigenvalue weighted by atomic mass is 10.1. The molecule has 6 nitrogen and oxygen atoms in total. The Morgan fingerprint density at radius 1 is 1.20 bits per heavy atom. The van der Waals surface area contributed by atoms with Gasteiger partial charge < -0.3 is 5.32 Å². The summed E-state index contributed by atoms with van der Waals surface area (Å²) in [4.78, 5) is 15.9. The van der Waals surface area contributed by atoms with Gasteiger partial charge in [0.05, 0.1) is 23.8 Å². The molecule has 0 fully saturated rings. The summed E-state index contributed by atoms with van der Waals surface area (Å²) in [5.74, 6) is -0.165. The zero-order valence-electron chi connectivity index (χ0n) is 14.7. The molecule has 7 heteroatoms. The van der Waals surface area contributed by atoms with Crippen molar-refractivity contribution in [1.82, 2.24) is 4.98 Å². The average molecular weight is 361 g/mol. The van der Waals surface area contributed by atoms with Gasteiger partial charge in [-0.1, -0.05) is 6.07 Å². The highest BCUT2D eigenvalue weighted by molar-refractivity contribution is 7.92. The van der Waals surface area contributed by atoms with E-state index in [1.54, 1.807) is 30.6 Å². The van der Waals surface area contributed by atoms with Gasteiger partial charge in [0.2, 0.25) is 15.9 Å². The molecule has 1 amide bonds. The highest BCUT2D eigenvalue weighted by Crippen LogP contribution is 2.21. The second-order valence-electron chi connectivity index (χ2n) is 6.00. The molecule has 0 radical (unpaired) electrons. The van der Waals surface area contributed by atoms with Crippen molar-refractivity contribution in [3.63, 3.8) is 0 Å². The van der Waals surface area contributed by atoms with E-state index in [1.165, 1.54) is 10.6 Å². The van der Waals surface area contributed by atoms with E-state index in [9.17, 15) is 13.2 Å². The van der Waals surface area contributed by atoms with Crippen LogP contribution in [0.2, 0.25) is 0 Å². The first-order valence-corrected chi connectivity index (χ1v) is 9.87. The van der Waals surface area contributed by atoms with Crippen LogP contribution in [0, 0.1) is 13.8 Å². The van der Waals surface area contributed by atoms with E-state index in [4.69, 9.17) is 0 Å². The van der Waals surface area contributed by atoms with E-state index in [1.807, 2.05) is 26.0 Å². The number of anilines is 2. The maximum atomic E-state index is 12.1. The normalized spacial score (nSPS) is 11.2. The van der Waals surface area contributed by atoms with Gasteiger partial charge in [-0.3, -0.25) is 14.1 Å². The van der Waals surface area contributed by atoms with Gasteiger partial charge >= 0.3 is 0 Å². The lowest BCUT2D eigenvalue weighted by Crippen LogP contribution is -2.31. The summed E-state index contributed by atoms with van der Waals surface area (Å²) in [5.41, 5.74) is 3.38. The number of carbonyl (C=O) groups excluding carboxylic acids is 1.